The van der Waals surface area contributed by atoms with Crippen molar-refractivity contribution in [1.29, 1.82) is 0 Å². The van der Waals surface area contributed by atoms with Crippen LogP contribution < -0.4 is 0 Å². The van der Waals surface area contributed by atoms with Gasteiger partial charge in [0.1, 0.15) is 5.60 Å². The van der Waals surface area contributed by atoms with Crippen molar-refractivity contribution in [3.63, 3.8) is 0 Å². The molecular formula is C24H30O3. The molecule has 0 bridgehead atoms. The summed E-state index contributed by atoms with van der Waals surface area (Å²) < 4.78 is 6.21. The number of fused-ring (bicyclic) bond motifs is 10. The third-order valence-corrected chi connectivity index (χ3v) is 10.6. The fourth-order valence-electron chi connectivity index (χ4n) is 9.48. The molecule has 0 amide bonds. The average molecular weight is 367 g/mol. The van der Waals surface area contributed by atoms with Crippen LogP contribution in [0.3, 0.4) is 0 Å². The Kier molecular flexibility index (Phi) is 2.65. The van der Waals surface area contributed by atoms with Crippen molar-refractivity contribution >= 4 is 11.8 Å². The molecule has 6 fully saturated rings. The molecule has 0 aromatic carbocycles. The van der Waals surface area contributed by atoms with Crippen LogP contribution in [-0.2, 0) is 14.3 Å². The molecule has 0 aromatic rings. The van der Waals surface area contributed by atoms with Crippen LogP contribution in [0.15, 0.2) is 11.6 Å². The van der Waals surface area contributed by atoms with E-state index in [1.807, 2.05) is 0 Å². The van der Waals surface area contributed by atoms with Crippen molar-refractivity contribution < 1.29 is 14.3 Å². The van der Waals surface area contributed by atoms with E-state index in [0.29, 0.717) is 29.5 Å². The Hall–Kier alpha value is -1.12. The standard InChI is InChI=1S/C24H30O3/c1-22-6-4-14-15-3-2-13(25)10-18(15)23(8-9-23)12-17(14)21(22)16-11-19(16)24(22)7-5-20(26)27-24/h10,14-17,19,21H,2-9,11-12H2,1H3/t14?,15?,16?,17?,19?,21?,22-,24-/m0/s1. The number of hydrogen-bond acceptors (Lipinski definition) is 3. The highest BCUT2D eigenvalue weighted by atomic mass is 16.6. The van der Waals surface area contributed by atoms with Gasteiger partial charge in [0.25, 0.3) is 0 Å². The van der Waals surface area contributed by atoms with Crippen LogP contribution in [0.1, 0.15) is 71.1 Å². The molecule has 3 nitrogen and oxygen atoms in total. The Morgan fingerprint density at radius 2 is 1.85 bits per heavy atom. The van der Waals surface area contributed by atoms with E-state index in [2.05, 4.69) is 13.0 Å². The lowest BCUT2D eigenvalue weighted by molar-refractivity contribution is -0.175. The zero-order valence-electron chi connectivity index (χ0n) is 16.3. The van der Waals surface area contributed by atoms with Crippen molar-refractivity contribution in [1.82, 2.24) is 0 Å². The number of rotatable bonds is 0. The molecule has 2 spiro atoms. The third-order valence-electron chi connectivity index (χ3n) is 10.6. The molecule has 6 unspecified atom stereocenters. The van der Waals surface area contributed by atoms with Crippen molar-refractivity contribution in [3.8, 4) is 0 Å². The first-order chi connectivity index (χ1) is 13.0. The minimum Gasteiger partial charge on any atom is -0.458 e. The quantitative estimate of drug-likeness (QED) is 0.595. The van der Waals surface area contributed by atoms with E-state index in [9.17, 15) is 9.59 Å². The summed E-state index contributed by atoms with van der Waals surface area (Å²) in [6.45, 7) is 2.49. The second-order valence-corrected chi connectivity index (χ2v) is 11.4. The summed E-state index contributed by atoms with van der Waals surface area (Å²) in [7, 11) is 0. The number of esters is 1. The number of ketones is 1. The van der Waals surface area contributed by atoms with Gasteiger partial charge in [0, 0.05) is 24.2 Å². The highest BCUT2D eigenvalue weighted by Gasteiger charge is 2.79. The number of allylic oxidation sites excluding steroid dienone is 1. The van der Waals surface area contributed by atoms with Gasteiger partial charge in [-0.3, -0.25) is 9.59 Å². The van der Waals surface area contributed by atoms with E-state index in [4.69, 9.17) is 4.74 Å². The molecule has 1 heterocycles. The molecule has 0 aromatic heterocycles. The first kappa shape index (κ1) is 15.8. The van der Waals surface area contributed by atoms with Crippen molar-refractivity contribution in [2.75, 3.05) is 0 Å². The monoisotopic (exact) mass is 366 g/mol. The maximum absolute atomic E-state index is 12.2. The minimum atomic E-state index is -0.125. The first-order valence-corrected chi connectivity index (χ1v) is 11.4. The molecule has 0 N–H and O–H groups in total. The van der Waals surface area contributed by atoms with Crippen LogP contribution in [0.2, 0.25) is 0 Å². The van der Waals surface area contributed by atoms with Crippen molar-refractivity contribution in [2.45, 2.75) is 76.7 Å². The number of hydrogen-bond donors (Lipinski definition) is 0. The maximum Gasteiger partial charge on any atom is 0.306 e. The Labute approximate surface area is 161 Å². The van der Waals surface area contributed by atoms with E-state index < -0.39 is 0 Å². The van der Waals surface area contributed by atoms with E-state index in [0.717, 1.165) is 42.9 Å². The van der Waals surface area contributed by atoms with Crippen LogP contribution in [-0.4, -0.2) is 17.4 Å². The number of ether oxygens (including phenoxy) is 1. The Balaban J connectivity index is 1.31. The van der Waals surface area contributed by atoms with Gasteiger partial charge in [-0.2, -0.15) is 0 Å². The lowest BCUT2D eigenvalue weighted by atomic mass is 9.47. The van der Waals surface area contributed by atoms with Crippen LogP contribution in [0, 0.1) is 46.3 Å². The molecule has 7 aliphatic rings. The predicted octanol–water partition coefficient (Wildman–Crippen LogP) is 4.45. The van der Waals surface area contributed by atoms with E-state index >= 15 is 0 Å². The molecule has 1 aliphatic heterocycles. The van der Waals surface area contributed by atoms with Gasteiger partial charge in [0.05, 0.1) is 0 Å². The average Bonchev–Trinajstić information content (AvgIpc) is 3.54. The Morgan fingerprint density at radius 3 is 2.59 bits per heavy atom. The zero-order valence-corrected chi connectivity index (χ0v) is 16.3. The number of carbonyl (C=O) groups is 2. The largest absolute Gasteiger partial charge is 0.458 e. The molecule has 1 saturated heterocycles. The molecule has 0 radical (unpaired) electrons. The molecule has 27 heavy (non-hydrogen) atoms. The molecule has 5 saturated carbocycles. The molecule has 144 valence electrons. The van der Waals surface area contributed by atoms with Crippen LogP contribution in [0.25, 0.3) is 0 Å². The van der Waals surface area contributed by atoms with Gasteiger partial charge >= 0.3 is 5.97 Å². The van der Waals surface area contributed by atoms with E-state index in [-0.39, 0.29) is 17.0 Å². The highest BCUT2D eigenvalue weighted by molar-refractivity contribution is 5.91. The summed E-state index contributed by atoms with van der Waals surface area (Å²) in [5.41, 5.74) is 2.03. The first-order valence-electron chi connectivity index (χ1n) is 11.4. The fraction of sp³-hybridized carbons (Fsp3) is 0.833. The van der Waals surface area contributed by atoms with Gasteiger partial charge in [0.2, 0.25) is 0 Å². The summed E-state index contributed by atoms with van der Waals surface area (Å²) in [6, 6.07) is 0. The topological polar surface area (TPSA) is 43.4 Å². The van der Waals surface area contributed by atoms with Crippen LogP contribution in [0.5, 0.6) is 0 Å². The van der Waals surface area contributed by atoms with Gasteiger partial charge in [-0.1, -0.05) is 12.5 Å². The summed E-state index contributed by atoms with van der Waals surface area (Å²) >= 11 is 0. The molecular weight excluding hydrogens is 336 g/mol. The van der Waals surface area contributed by atoms with Crippen LogP contribution >= 0.6 is 0 Å². The lowest BCUT2D eigenvalue weighted by Crippen LogP contribution is -2.56. The summed E-state index contributed by atoms with van der Waals surface area (Å²) in [5, 5.41) is 0. The van der Waals surface area contributed by atoms with Gasteiger partial charge in [-0.15, -0.1) is 0 Å². The van der Waals surface area contributed by atoms with Crippen molar-refractivity contribution in [3.05, 3.63) is 11.6 Å². The summed E-state index contributed by atoms with van der Waals surface area (Å²) in [5.74, 6) is 4.90. The maximum atomic E-state index is 12.2. The second-order valence-electron chi connectivity index (χ2n) is 11.4. The summed E-state index contributed by atoms with van der Waals surface area (Å²) in [4.78, 5) is 24.3. The zero-order chi connectivity index (χ0) is 18.2. The minimum absolute atomic E-state index is 0.0583. The molecule has 3 heteroatoms. The number of carbonyl (C=O) groups excluding carboxylic acids is 2. The van der Waals surface area contributed by atoms with Gasteiger partial charge in [-0.05, 0) is 92.4 Å². The van der Waals surface area contributed by atoms with Gasteiger partial charge in [-0.25, -0.2) is 0 Å². The fourth-order valence-corrected chi connectivity index (χ4v) is 9.48. The van der Waals surface area contributed by atoms with Gasteiger partial charge in [0.15, 0.2) is 5.78 Å². The Morgan fingerprint density at radius 1 is 1.00 bits per heavy atom. The normalized spacial score (nSPS) is 56.1. The van der Waals surface area contributed by atoms with E-state index in [1.54, 1.807) is 5.57 Å². The summed E-state index contributed by atoms with van der Waals surface area (Å²) in [6.07, 6.45) is 13.3. The lowest BCUT2D eigenvalue weighted by Gasteiger charge is -2.58. The Bertz CT molecular complexity index is 806. The molecule has 6 aliphatic carbocycles. The smallest absolute Gasteiger partial charge is 0.306 e. The SMILES string of the molecule is C[C@]12CCC3C4CCC(=O)C=C4C4(CC4)CC3C1C1CC1[C@@]21CCC(=O)O1. The second kappa shape index (κ2) is 4.54. The van der Waals surface area contributed by atoms with E-state index in [1.165, 1.54) is 38.5 Å². The van der Waals surface area contributed by atoms with Crippen molar-refractivity contribution in [2.24, 2.45) is 46.3 Å². The molecule has 8 atom stereocenters. The van der Waals surface area contributed by atoms with Gasteiger partial charge < -0.3 is 4.74 Å². The molecule has 7 rings (SSSR count). The third kappa shape index (κ3) is 1.69. The highest BCUT2D eigenvalue weighted by Crippen LogP contribution is 2.80. The predicted molar refractivity (Wildman–Crippen MR) is 99.6 cm³/mol. The van der Waals surface area contributed by atoms with Crippen LogP contribution in [0.4, 0.5) is 0 Å².